The van der Waals surface area contributed by atoms with E-state index in [4.69, 9.17) is 14.2 Å². The molecule has 1 aromatic heterocycles. The van der Waals surface area contributed by atoms with Crippen LogP contribution in [0.5, 0.6) is 17.2 Å². The van der Waals surface area contributed by atoms with Gasteiger partial charge < -0.3 is 19.5 Å². The summed E-state index contributed by atoms with van der Waals surface area (Å²) in [6, 6.07) is 14.7. The van der Waals surface area contributed by atoms with Gasteiger partial charge in [-0.3, -0.25) is 9.59 Å². The van der Waals surface area contributed by atoms with Gasteiger partial charge in [0.15, 0.2) is 11.5 Å². The zero-order valence-corrected chi connectivity index (χ0v) is 16.6. The van der Waals surface area contributed by atoms with Gasteiger partial charge in [0, 0.05) is 23.4 Å². The summed E-state index contributed by atoms with van der Waals surface area (Å²) in [6.45, 7) is 2.58. The molecule has 2 heterocycles. The smallest absolute Gasteiger partial charge is 0.267 e. The Kier molecular flexibility index (Phi) is 5.38. The molecule has 0 radical (unpaired) electrons. The first-order valence-electron chi connectivity index (χ1n) is 9.50. The molecular formula is C22H21N3O5. The highest BCUT2D eigenvalue weighted by Crippen LogP contribution is 2.32. The molecular weight excluding hydrogens is 386 g/mol. The molecule has 1 atom stereocenters. The molecule has 0 saturated carbocycles. The Morgan fingerprint density at radius 1 is 1.07 bits per heavy atom. The Balaban J connectivity index is 1.55. The van der Waals surface area contributed by atoms with Crippen LogP contribution in [0.15, 0.2) is 59.4 Å². The fourth-order valence-corrected chi connectivity index (χ4v) is 3.10. The zero-order valence-electron chi connectivity index (χ0n) is 16.6. The Bertz CT molecular complexity index is 1120. The maximum absolute atomic E-state index is 12.8. The van der Waals surface area contributed by atoms with E-state index in [2.05, 4.69) is 10.4 Å². The molecule has 1 aliphatic rings. The number of carbonyl (C=O) groups is 1. The van der Waals surface area contributed by atoms with Crippen LogP contribution in [0.4, 0.5) is 5.69 Å². The normalized spacial score (nSPS) is 13.4. The molecule has 1 aliphatic heterocycles. The minimum Gasteiger partial charge on any atom is -0.497 e. The summed E-state index contributed by atoms with van der Waals surface area (Å²) in [5, 5.41) is 7.19. The van der Waals surface area contributed by atoms with Crippen molar-refractivity contribution < 1.29 is 19.0 Å². The lowest BCUT2D eigenvalue weighted by atomic mass is 10.1. The largest absolute Gasteiger partial charge is 0.497 e. The summed E-state index contributed by atoms with van der Waals surface area (Å²) in [7, 11) is 1.59. The highest BCUT2D eigenvalue weighted by atomic mass is 16.6. The first-order valence-corrected chi connectivity index (χ1v) is 9.50. The molecule has 8 nitrogen and oxygen atoms in total. The first kappa shape index (κ1) is 19.5. The van der Waals surface area contributed by atoms with Crippen LogP contribution in [-0.4, -0.2) is 36.0 Å². The van der Waals surface area contributed by atoms with E-state index in [9.17, 15) is 9.59 Å². The molecule has 0 spiro atoms. The lowest BCUT2D eigenvalue weighted by molar-refractivity contribution is -0.119. The van der Waals surface area contributed by atoms with Crippen molar-refractivity contribution >= 4 is 11.6 Å². The van der Waals surface area contributed by atoms with Crippen LogP contribution < -0.4 is 25.1 Å². The number of hydrogen-bond acceptors (Lipinski definition) is 6. The predicted octanol–water partition coefficient (Wildman–Crippen LogP) is 2.89. The SMILES string of the molecule is COc1ccc(-c2ccc(=O)n(C(C)C(=O)Nc3ccc4c(c3)OCCO4)n2)cc1. The van der Waals surface area contributed by atoms with E-state index < -0.39 is 6.04 Å². The van der Waals surface area contributed by atoms with Crippen molar-refractivity contribution in [2.24, 2.45) is 0 Å². The number of nitrogens with one attached hydrogen (secondary N) is 1. The Morgan fingerprint density at radius 3 is 2.53 bits per heavy atom. The fourth-order valence-electron chi connectivity index (χ4n) is 3.10. The summed E-state index contributed by atoms with van der Waals surface area (Å²) in [6.07, 6.45) is 0. The molecule has 154 valence electrons. The number of anilines is 1. The lowest BCUT2D eigenvalue weighted by Gasteiger charge is -2.20. The van der Waals surface area contributed by atoms with E-state index in [1.807, 2.05) is 24.3 Å². The number of hydrogen-bond donors (Lipinski definition) is 1. The van der Waals surface area contributed by atoms with E-state index in [0.29, 0.717) is 36.1 Å². The van der Waals surface area contributed by atoms with Crippen molar-refractivity contribution in [2.75, 3.05) is 25.6 Å². The molecule has 1 amide bonds. The number of fused-ring (bicyclic) bond motifs is 1. The first-order chi connectivity index (χ1) is 14.5. The van der Waals surface area contributed by atoms with E-state index >= 15 is 0 Å². The highest BCUT2D eigenvalue weighted by molar-refractivity contribution is 5.93. The van der Waals surface area contributed by atoms with Gasteiger partial charge in [-0.25, -0.2) is 4.68 Å². The van der Waals surface area contributed by atoms with E-state index in [-0.39, 0.29) is 11.5 Å². The average Bonchev–Trinajstić information content (AvgIpc) is 2.79. The van der Waals surface area contributed by atoms with Crippen molar-refractivity contribution in [1.29, 1.82) is 0 Å². The Hall–Kier alpha value is -3.81. The molecule has 0 bridgehead atoms. The average molecular weight is 407 g/mol. The minimum absolute atomic E-state index is 0.364. The Labute approximate surface area is 173 Å². The van der Waals surface area contributed by atoms with Gasteiger partial charge in [0.25, 0.3) is 5.56 Å². The van der Waals surface area contributed by atoms with Gasteiger partial charge >= 0.3 is 0 Å². The standard InChI is InChI=1S/C22H21N3O5/c1-14(22(27)23-16-5-9-19-20(13-16)30-12-11-29-19)25-21(26)10-8-18(24-25)15-3-6-17(28-2)7-4-15/h3-10,13-14H,11-12H2,1-2H3,(H,23,27). The van der Waals surface area contributed by atoms with Gasteiger partial charge in [0.2, 0.25) is 5.91 Å². The molecule has 8 heteroatoms. The van der Waals surface area contributed by atoms with Crippen LogP contribution in [0.1, 0.15) is 13.0 Å². The molecule has 1 unspecified atom stereocenters. The van der Waals surface area contributed by atoms with E-state index in [1.165, 1.54) is 10.7 Å². The third-order valence-electron chi connectivity index (χ3n) is 4.77. The van der Waals surface area contributed by atoms with Crippen molar-refractivity contribution in [1.82, 2.24) is 9.78 Å². The number of aromatic nitrogens is 2. The van der Waals surface area contributed by atoms with Crippen LogP contribution in [0.3, 0.4) is 0 Å². The summed E-state index contributed by atoms with van der Waals surface area (Å²) in [5.41, 5.74) is 1.58. The van der Waals surface area contributed by atoms with Crippen molar-refractivity contribution in [3.8, 4) is 28.5 Å². The second-order valence-corrected chi connectivity index (χ2v) is 6.75. The van der Waals surface area contributed by atoms with Crippen LogP contribution in [0.25, 0.3) is 11.3 Å². The fraction of sp³-hybridized carbons (Fsp3) is 0.227. The van der Waals surface area contributed by atoms with Crippen LogP contribution >= 0.6 is 0 Å². The molecule has 0 saturated heterocycles. The van der Waals surface area contributed by atoms with Gasteiger partial charge in [-0.15, -0.1) is 0 Å². The Morgan fingerprint density at radius 2 is 1.80 bits per heavy atom. The molecule has 2 aromatic carbocycles. The van der Waals surface area contributed by atoms with Gasteiger partial charge in [0.1, 0.15) is 25.0 Å². The molecule has 3 aromatic rings. The highest BCUT2D eigenvalue weighted by Gasteiger charge is 2.20. The number of benzene rings is 2. The molecule has 0 aliphatic carbocycles. The maximum Gasteiger partial charge on any atom is 0.267 e. The van der Waals surface area contributed by atoms with E-state index in [1.54, 1.807) is 38.3 Å². The van der Waals surface area contributed by atoms with Crippen LogP contribution in [0.2, 0.25) is 0 Å². The number of carbonyl (C=O) groups excluding carboxylic acids is 1. The third-order valence-corrected chi connectivity index (χ3v) is 4.77. The molecule has 30 heavy (non-hydrogen) atoms. The number of methoxy groups -OCH3 is 1. The van der Waals surface area contributed by atoms with Crippen molar-refractivity contribution in [2.45, 2.75) is 13.0 Å². The molecule has 4 rings (SSSR count). The summed E-state index contributed by atoms with van der Waals surface area (Å²) in [5.74, 6) is 1.56. The molecule has 1 N–H and O–H groups in total. The van der Waals surface area contributed by atoms with E-state index in [0.717, 1.165) is 11.3 Å². The summed E-state index contributed by atoms with van der Waals surface area (Å²) < 4.78 is 17.4. The van der Waals surface area contributed by atoms with Gasteiger partial charge in [0.05, 0.1) is 12.8 Å². The molecule has 0 fully saturated rings. The lowest BCUT2D eigenvalue weighted by Crippen LogP contribution is -2.33. The maximum atomic E-state index is 12.8. The van der Waals surface area contributed by atoms with Crippen molar-refractivity contribution in [3.63, 3.8) is 0 Å². The quantitative estimate of drug-likeness (QED) is 0.699. The topological polar surface area (TPSA) is 91.7 Å². The van der Waals surface area contributed by atoms with Crippen molar-refractivity contribution in [3.05, 3.63) is 65.0 Å². The summed E-state index contributed by atoms with van der Waals surface area (Å²) in [4.78, 5) is 25.1. The van der Waals surface area contributed by atoms with Crippen LogP contribution in [0, 0.1) is 0 Å². The number of amides is 1. The number of nitrogens with zero attached hydrogens (tertiary/aromatic N) is 2. The predicted molar refractivity (Wildman–Crippen MR) is 111 cm³/mol. The second-order valence-electron chi connectivity index (χ2n) is 6.75. The zero-order chi connectivity index (χ0) is 21.1. The van der Waals surface area contributed by atoms with Gasteiger partial charge in [-0.05, 0) is 49.4 Å². The van der Waals surface area contributed by atoms with Gasteiger partial charge in [-0.2, -0.15) is 5.10 Å². The second kappa shape index (κ2) is 8.28. The number of rotatable bonds is 5. The summed E-state index contributed by atoms with van der Waals surface area (Å²) >= 11 is 0. The number of ether oxygens (including phenoxy) is 3. The van der Waals surface area contributed by atoms with Gasteiger partial charge in [-0.1, -0.05) is 0 Å². The third kappa shape index (κ3) is 3.98. The minimum atomic E-state index is -0.816. The van der Waals surface area contributed by atoms with Crippen LogP contribution in [-0.2, 0) is 4.79 Å². The monoisotopic (exact) mass is 407 g/mol.